The van der Waals surface area contributed by atoms with Crippen molar-refractivity contribution in [3.63, 3.8) is 0 Å². The van der Waals surface area contributed by atoms with Crippen LogP contribution in [0.25, 0.3) is 76.9 Å². The van der Waals surface area contributed by atoms with Gasteiger partial charge in [0.05, 0.1) is 0 Å². The van der Waals surface area contributed by atoms with Gasteiger partial charge in [-0.15, -0.1) is 0 Å². The Kier molecular flexibility index (Phi) is 6.18. The maximum absolute atomic E-state index is 6.21. The van der Waals surface area contributed by atoms with E-state index in [4.69, 9.17) is 8.83 Å². The molecule has 2 heterocycles. The first-order valence-electron chi connectivity index (χ1n) is 16.6. The third-order valence-corrected chi connectivity index (χ3v) is 9.67. The molecule has 0 atom stereocenters. The standard InChI is InChI=1S/C46H29NO2/c1-2-10-30(11-3-1)36-12-4-5-13-37(36)31-18-21-33(22-19-31)47(35-24-27-44-41(29-35)39-14-6-8-16-42(39)48-44)34-23-25-38-32(28-34)20-26-45-46(38)40-15-7-9-17-43(40)49-45/h1-29H. The fourth-order valence-electron chi connectivity index (χ4n) is 7.37. The molecule has 0 saturated carbocycles. The van der Waals surface area contributed by atoms with Gasteiger partial charge < -0.3 is 13.7 Å². The fraction of sp³-hybridized carbons (Fsp3) is 0. The quantitative estimate of drug-likeness (QED) is 0.190. The van der Waals surface area contributed by atoms with Gasteiger partial charge in [0.1, 0.15) is 22.3 Å². The van der Waals surface area contributed by atoms with Crippen LogP contribution in [0.15, 0.2) is 185 Å². The van der Waals surface area contributed by atoms with Gasteiger partial charge in [-0.1, -0.05) is 115 Å². The van der Waals surface area contributed by atoms with Gasteiger partial charge in [-0.2, -0.15) is 0 Å². The first-order chi connectivity index (χ1) is 24.3. The zero-order valence-corrected chi connectivity index (χ0v) is 26.5. The molecule has 10 aromatic rings. The Hall–Kier alpha value is -6.58. The van der Waals surface area contributed by atoms with Crippen molar-refractivity contribution < 1.29 is 8.83 Å². The van der Waals surface area contributed by atoms with Gasteiger partial charge in [0, 0.05) is 38.6 Å². The Balaban J connectivity index is 1.14. The zero-order valence-electron chi connectivity index (χ0n) is 26.5. The second kappa shape index (κ2) is 11.0. The highest BCUT2D eigenvalue weighted by Crippen LogP contribution is 2.42. The summed E-state index contributed by atoms with van der Waals surface area (Å²) in [5.74, 6) is 0. The largest absolute Gasteiger partial charge is 0.456 e. The number of hydrogen-bond donors (Lipinski definition) is 0. The lowest BCUT2D eigenvalue weighted by Crippen LogP contribution is -2.09. The Labute approximate surface area is 282 Å². The first kappa shape index (κ1) is 27.5. The van der Waals surface area contributed by atoms with Crippen molar-refractivity contribution >= 4 is 71.7 Å². The molecule has 0 fully saturated rings. The van der Waals surface area contributed by atoms with Gasteiger partial charge >= 0.3 is 0 Å². The second-order valence-electron chi connectivity index (χ2n) is 12.5. The molecule has 0 unspecified atom stereocenters. The van der Waals surface area contributed by atoms with E-state index in [2.05, 4.69) is 157 Å². The number of benzene rings is 8. The lowest BCUT2D eigenvalue weighted by Gasteiger charge is -2.26. The number of fused-ring (bicyclic) bond motifs is 8. The fourth-order valence-corrected chi connectivity index (χ4v) is 7.37. The molecule has 49 heavy (non-hydrogen) atoms. The second-order valence-corrected chi connectivity index (χ2v) is 12.5. The van der Waals surface area contributed by atoms with Crippen molar-refractivity contribution in [1.29, 1.82) is 0 Å². The monoisotopic (exact) mass is 627 g/mol. The maximum atomic E-state index is 6.21. The lowest BCUT2D eigenvalue weighted by atomic mass is 9.94. The van der Waals surface area contributed by atoms with E-state index < -0.39 is 0 Å². The van der Waals surface area contributed by atoms with E-state index in [0.29, 0.717) is 0 Å². The van der Waals surface area contributed by atoms with E-state index in [0.717, 1.165) is 66.3 Å². The summed E-state index contributed by atoms with van der Waals surface area (Å²) in [5.41, 5.74) is 11.6. The predicted molar refractivity (Wildman–Crippen MR) is 204 cm³/mol. The number of hydrogen-bond acceptors (Lipinski definition) is 3. The molecule has 3 nitrogen and oxygen atoms in total. The molecule has 0 aliphatic heterocycles. The highest BCUT2D eigenvalue weighted by molar-refractivity contribution is 6.19. The SMILES string of the molecule is c1ccc(-c2ccccc2-c2ccc(N(c3ccc4c(ccc5oc6ccccc6c54)c3)c3ccc4oc5ccccc5c4c3)cc2)cc1. The number of para-hydroxylation sites is 2. The molecular formula is C46H29NO2. The molecule has 0 radical (unpaired) electrons. The Morgan fingerprint density at radius 3 is 1.67 bits per heavy atom. The molecule has 0 spiro atoms. The summed E-state index contributed by atoms with van der Waals surface area (Å²) in [5, 5.41) is 6.83. The smallest absolute Gasteiger partial charge is 0.136 e. The summed E-state index contributed by atoms with van der Waals surface area (Å²) in [6.07, 6.45) is 0. The Morgan fingerprint density at radius 1 is 0.327 bits per heavy atom. The predicted octanol–water partition coefficient (Wildman–Crippen LogP) is 13.4. The average molecular weight is 628 g/mol. The van der Waals surface area contributed by atoms with Gasteiger partial charge in [0.2, 0.25) is 0 Å². The summed E-state index contributed by atoms with van der Waals surface area (Å²) in [6.45, 7) is 0. The molecule has 0 bridgehead atoms. The van der Waals surface area contributed by atoms with E-state index in [9.17, 15) is 0 Å². The molecule has 2 aromatic heterocycles. The van der Waals surface area contributed by atoms with Crippen molar-refractivity contribution in [2.75, 3.05) is 4.90 Å². The summed E-state index contributed by atoms with van der Waals surface area (Å²) in [6, 6.07) is 62.1. The van der Waals surface area contributed by atoms with Crippen LogP contribution in [0, 0.1) is 0 Å². The van der Waals surface area contributed by atoms with Crippen LogP contribution in [0.3, 0.4) is 0 Å². The topological polar surface area (TPSA) is 29.5 Å². The molecule has 0 saturated heterocycles. The molecule has 0 aliphatic carbocycles. The lowest BCUT2D eigenvalue weighted by molar-refractivity contribution is 0.668. The highest BCUT2D eigenvalue weighted by Gasteiger charge is 2.18. The number of anilines is 3. The van der Waals surface area contributed by atoms with E-state index >= 15 is 0 Å². The average Bonchev–Trinajstić information content (AvgIpc) is 3.74. The summed E-state index contributed by atoms with van der Waals surface area (Å²) >= 11 is 0. The Morgan fingerprint density at radius 2 is 0.878 bits per heavy atom. The Bertz CT molecular complexity index is 2830. The van der Waals surface area contributed by atoms with Crippen molar-refractivity contribution in [2.24, 2.45) is 0 Å². The van der Waals surface area contributed by atoms with Crippen LogP contribution in [-0.2, 0) is 0 Å². The number of rotatable bonds is 5. The molecule has 0 N–H and O–H groups in total. The van der Waals surface area contributed by atoms with Crippen LogP contribution in [0.4, 0.5) is 17.1 Å². The van der Waals surface area contributed by atoms with Crippen LogP contribution in [0.5, 0.6) is 0 Å². The van der Waals surface area contributed by atoms with Crippen LogP contribution in [0.1, 0.15) is 0 Å². The summed E-state index contributed by atoms with van der Waals surface area (Å²) < 4.78 is 12.4. The molecule has 3 heteroatoms. The highest BCUT2D eigenvalue weighted by atomic mass is 16.3. The molecular weight excluding hydrogens is 599 g/mol. The van der Waals surface area contributed by atoms with Crippen molar-refractivity contribution in [3.8, 4) is 22.3 Å². The van der Waals surface area contributed by atoms with Gasteiger partial charge in [0.25, 0.3) is 0 Å². The van der Waals surface area contributed by atoms with Crippen LogP contribution in [0.2, 0.25) is 0 Å². The molecule has 8 aromatic carbocycles. The van der Waals surface area contributed by atoms with Gasteiger partial charge in [-0.25, -0.2) is 0 Å². The van der Waals surface area contributed by atoms with Crippen LogP contribution < -0.4 is 4.90 Å². The van der Waals surface area contributed by atoms with Gasteiger partial charge in [-0.05, 0) is 93.7 Å². The summed E-state index contributed by atoms with van der Waals surface area (Å²) in [7, 11) is 0. The minimum Gasteiger partial charge on any atom is -0.456 e. The van der Waals surface area contributed by atoms with Crippen LogP contribution >= 0.6 is 0 Å². The zero-order chi connectivity index (χ0) is 32.3. The minimum atomic E-state index is 0.880. The van der Waals surface area contributed by atoms with Gasteiger partial charge in [-0.3, -0.25) is 0 Å². The molecule has 230 valence electrons. The molecule has 0 aliphatic rings. The van der Waals surface area contributed by atoms with Gasteiger partial charge in [0.15, 0.2) is 0 Å². The number of furan rings is 2. The van der Waals surface area contributed by atoms with Crippen molar-refractivity contribution in [1.82, 2.24) is 0 Å². The van der Waals surface area contributed by atoms with E-state index in [-0.39, 0.29) is 0 Å². The summed E-state index contributed by atoms with van der Waals surface area (Å²) in [4.78, 5) is 2.34. The molecule has 10 rings (SSSR count). The first-order valence-corrected chi connectivity index (χ1v) is 16.6. The normalized spacial score (nSPS) is 11.7. The third kappa shape index (κ3) is 4.51. The van der Waals surface area contributed by atoms with Crippen LogP contribution in [-0.4, -0.2) is 0 Å². The van der Waals surface area contributed by atoms with E-state index in [1.165, 1.54) is 27.6 Å². The number of nitrogens with zero attached hydrogens (tertiary/aromatic N) is 1. The van der Waals surface area contributed by atoms with Crippen molar-refractivity contribution in [2.45, 2.75) is 0 Å². The van der Waals surface area contributed by atoms with E-state index in [1.807, 2.05) is 24.3 Å². The minimum absolute atomic E-state index is 0.880. The molecule has 0 amide bonds. The maximum Gasteiger partial charge on any atom is 0.136 e. The van der Waals surface area contributed by atoms with Crippen molar-refractivity contribution in [3.05, 3.63) is 176 Å². The van der Waals surface area contributed by atoms with E-state index in [1.54, 1.807) is 0 Å². The third-order valence-electron chi connectivity index (χ3n) is 9.67.